The number of anilines is 1. The SMILES string of the molecule is CCNC(=NCc1ccnc(N(C)C)c1)N1CCCC(C(=O)OCC)C1. The molecular formula is C19H31N5O2. The minimum atomic E-state index is -0.0993. The molecule has 1 aliphatic rings. The van der Waals surface area contributed by atoms with Crippen LogP contribution in [-0.4, -0.2) is 62.1 Å². The van der Waals surface area contributed by atoms with Gasteiger partial charge in [0, 0.05) is 39.9 Å². The minimum absolute atomic E-state index is 0.0752. The van der Waals surface area contributed by atoms with Crippen molar-refractivity contribution in [2.75, 3.05) is 45.2 Å². The van der Waals surface area contributed by atoms with Crippen LogP contribution in [0.15, 0.2) is 23.3 Å². The first-order valence-corrected chi connectivity index (χ1v) is 9.37. The van der Waals surface area contributed by atoms with Crippen molar-refractivity contribution in [3.05, 3.63) is 23.9 Å². The molecule has 0 spiro atoms. The summed E-state index contributed by atoms with van der Waals surface area (Å²) in [5.41, 5.74) is 1.11. The second-order valence-corrected chi connectivity index (χ2v) is 6.62. The molecule has 2 rings (SSSR count). The van der Waals surface area contributed by atoms with E-state index in [-0.39, 0.29) is 11.9 Å². The number of aliphatic imine (C=N–C) groups is 1. The van der Waals surface area contributed by atoms with Gasteiger partial charge < -0.3 is 19.9 Å². The Bertz CT molecular complexity index is 618. The molecule has 0 saturated carbocycles. The summed E-state index contributed by atoms with van der Waals surface area (Å²) in [7, 11) is 3.95. The first-order valence-electron chi connectivity index (χ1n) is 9.37. The third-order valence-corrected chi connectivity index (χ3v) is 4.36. The van der Waals surface area contributed by atoms with E-state index in [1.165, 1.54) is 0 Å². The lowest BCUT2D eigenvalue weighted by atomic mass is 9.98. The molecule has 0 aliphatic carbocycles. The Morgan fingerprint density at radius 1 is 1.46 bits per heavy atom. The summed E-state index contributed by atoms with van der Waals surface area (Å²) in [6.07, 6.45) is 3.66. The topological polar surface area (TPSA) is 70.1 Å². The zero-order chi connectivity index (χ0) is 18.9. The number of carbonyl (C=O) groups is 1. The molecule has 144 valence electrons. The van der Waals surface area contributed by atoms with E-state index in [9.17, 15) is 4.79 Å². The number of hydrogen-bond acceptors (Lipinski definition) is 5. The molecule has 0 amide bonds. The number of guanidine groups is 1. The van der Waals surface area contributed by atoms with Gasteiger partial charge in [-0.3, -0.25) is 4.79 Å². The van der Waals surface area contributed by atoms with Crippen molar-refractivity contribution in [2.45, 2.75) is 33.2 Å². The fourth-order valence-electron chi connectivity index (χ4n) is 3.02. The van der Waals surface area contributed by atoms with Crippen molar-refractivity contribution in [1.29, 1.82) is 0 Å². The number of nitrogens with one attached hydrogen (secondary N) is 1. The predicted octanol–water partition coefficient (Wildman–Crippen LogP) is 1.89. The Kier molecular flexibility index (Phi) is 7.69. The van der Waals surface area contributed by atoms with Gasteiger partial charge in [0.1, 0.15) is 5.82 Å². The highest BCUT2D eigenvalue weighted by Crippen LogP contribution is 2.18. The molecule has 1 aromatic heterocycles. The van der Waals surface area contributed by atoms with Gasteiger partial charge in [-0.25, -0.2) is 9.98 Å². The Hall–Kier alpha value is -2.31. The lowest BCUT2D eigenvalue weighted by Crippen LogP contribution is -2.48. The van der Waals surface area contributed by atoms with Gasteiger partial charge in [-0.2, -0.15) is 0 Å². The Labute approximate surface area is 156 Å². The van der Waals surface area contributed by atoms with Crippen molar-refractivity contribution >= 4 is 17.7 Å². The van der Waals surface area contributed by atoms with Crippen LogP contribution in [0.3, 0.4) is 0 Å². The number of likely N-dealkylation sites (tertiary alicyclic amines) is 1. The van der Waals surface area contributed by atoms with Gasteiger partial charge in [0.05, 0.1) is 19.1 Å². The van der Waals surface area contributed by atoms with Gasteiger partial charge in [-0.05, 0) is 44.4 Å². The first kappa shape index (κ1) is 20.0. The van der Waals surface area contributed by atoms with Gasteiger partial charge in [-0.15, -0.1) is 0 Å². The number of nitrogens with zero attached hydrogens (tertiary/aromatic N) is 4. The molecule has 1 saturated heterocycles. The number of carbonyl (C=O) groups excluding carboxylic acids is 1. The van der Waals surface area contributed by atoms with Crippen LogP contribution in [0.25, 0.3) is 0 Å². The van der Waals surface area contributed by atoms with Gasteiger partial charge in [-0.1, -0.05) is 0 Å². The van der Waals surface area contributed by atoms with Crippen LogP contribution in [0.2, 0.25) is 0 Å². The standard InChI is InChI=1S/C19H31N5O2/c1-5-20-19(22-13-15-9-10-21-17(12-15)23(3)4)24-11-7-8-16(14-24)18(25)26-6-2/h9-10,12,16H,5-8,11,13-14H2,1-4H3,(H,20,22). The number of pyridine rings is 1. The lowest BCUT2D eigenvalue weighted by Gasteiger charge is -2.34. The molecule has 2 heterocycles. The molecule has 0 aromatic carbocycles. The normalized spacial score (nSPS) is 17.8. The molecule has 7 nitrogen and oxygen atoms in total. The summed E-state index contributed by atoms with van der Waals surface area (Å²) in [5.74, 6) is 1.60. The van der Waals surface area contributed by atoms with Crippen LogP contribution < -0.4 is 10.2 Å². The largest absolute Gasteiger partial charge is 0.466 e. The summed E-state index contributed by atoms with van der Waals surface area (Å²) < 4.78 is 5.20. The second-order valence-electron chi connectivity index (χ2n) is 6.62. The van der Waals surface area contributed by atoms with E-state index in [1.807, 2.05) is 44.2 Å². The molecule has 1 fully saturated rings. The zero-order valence-electron chi connectivity index (χ0n) is 16.4. The van der Waals surface area contributed by atoms with Crippen molar-refractivity contribution in [3.8, 4) is 0 Å². The third-order valence-electron chi connectivity index (χ3n) is 4.36. The highest BCUT2D eigenvalue weighted by Gasteiger charge is 2.28. The van der Waals surface area contributed by atoms with Gasteiger partial charge >= 0.3 is 5.97 Å². The zero-order valence-corrected chi connectivity index (χ0v) is 16.4. The minimum Gasteiger partial charge on any atom is -0.466 e. The number of hydrogen-bond donors (Lipinski definition) is 1. The maximum atomic E-state index is 12.1. The molecule has 1 N–H and O–H groups in total. The number of aromatic nitrogens is 1. The predicted molar refractivity (Wildman–Crippen MR) is 104 cm³/mol. The smallest absolute Gasteiger partial charge is 0.310 e. The molecule has 26 heavy (non-hydrogen) atoms. The summed E-state index contributed by atoms with van der Waals surface area (Å²) in [5, 5.41) is 3.35. The fraction of sp³-hybridized carbons (Fsp3) is 0.632. The summed E-state index contributed by atoms with van der Waals surface area (Å²) in [6.45, 7) is 7.26. The van der Waals surface area contributed by atoms with E-state index >= 15 is 0 Å². The van der Waals surface area contributed by atoms with E-state index in [0.717, 1.165) is 43.3 Å². The highest BCUT2D eigenvalue weighted by molar-refractivity contribution is 5.81. The molecular weight excluding hydrogens is 330 g/mol. The van der Waals surface area contributed by atoms with Gasteiger partial charge in [0.15, 0.2) is 5.96 Å². The number of piperidine rings is 1. The molecule has 0 bridgehead atoms. The molecule has 1 atom stereocenters. The van der Waals surface area contributed by atoms with Crippen molar-refractivity contribution in [2.24, 2.45) is 10.9 Å². The van der Waals surface area contributed by atoms with Crippen molar-refractivity contribution in [3.63, 3.8) is 0 Å². The van der Waals surface area contributed by atoms with E-state index in [1.54, 1.807) is 0 Å². The number of esters is 1. The number of rotatable bonds is 6. The maximum absolute atomic E-state index is 12.1. The Morgan fingerprint density at radius 3 is 2.96 bits per heavy atom. The fourth-order valence-corrected chi connectivity index (χ4v) is 3.02. The van der Waals surface area contributed by atoms with Crippen LogP contribution in [0, 0.1) is 5.92 Å². The molecule has 7 heteroatoms. The van der Waals surface area contributed by atoms with Crippen LogP contribution in [0.5, 0.6) is 0 Å². The monoisotopic (exact) mass is 361 g/mol. The Balaban J connectivity index is 2.08. The van der Waals surface area contributed by atoms with E-state index < -0.39 is 0 Å². The van der Waals surface area contributed by atoms with E-state index in [0.29, 0.717) is 19.7 Å². The first-order chi connectivity index (χ1) is 12.5. The quantitative estimate of drug-likeness (QED) is 0.474. The average Bonchev–Trinajstić information content (AvgIpc) is 2.65. The van der Waals surface area contributed by atoms with Crippen LogP contribution in [-0.2, 0) is 16.1 Å². The Morgan fingerprint density at radius 2 is 2.27 bits per heavy atom. The third kappa shape index (κ3) is 5.61. The van der Waals surface area contributed by atoms with Gasteiger partial charge in [0.2, 0.25) is 0 Å². The molecule has 0 radical (unpaired) electrons. The van der Waals surface area contributed by atoms with Crippen molar-refractivity contribution in [1.82, 2.24) is 15.2 Å². The molecule has 1 unspecified atom stereocenters. The molecule has 1 aliphatic heterocycles. The van der Waals surface area contributed by atoms with Crippen LogP contribution in [0.1, 0.15) is 32.3 Å². The summed E-state index contributed by atoms with van der Waals surface area (Å²) in [4.78, 5) is 25.4. The highest BCUT2D eigenvalue weighted by atomic mass is 16.5. The summed E-state index contributed by atoms with van der Waals surface area (Å²) in [6, 6.07) is 4.03. The van der Waals surface area contributed by atoms with Crippen LogP contribution >= 0.6 is 0 Å². The van der Waals surface area contributed by atoms with Gasteiger partial charge in [0.25, 0.3) is 0 Å². The molecule has 1 aromatic rings. The maximum Gasteiger partial charge on any atom is 0.310 e. The lowest BCUT2D eigenvalue weighted by molar-refractivity contribution is -0.149. The van der Waals surface area contributed by atoms with Crippen molar-refractivity contribution < 1.29 is 9.53 Å². The van der Waals surface area contributed by atoms with E-state index in [4.69, 9.17) is 9.73 Å². The number of ether oxygens (including phenoxy) is 1. The van der Waals surface area contributed by atoms with E-state index in [2.05, 4.69) is 22.1 Å². The summed E-state index contributed by atoms with van der Waals surface area (Å²) >= 11 is 0. The second kappa shape index (κ2) is 9.99. The van der Waals surface area contributed by atoms with Crippen LogP contribution in [0.4, 0.5) is 5.82 Å². The average molecular weight is 361 g/mol.